The molecule has 1 saturated carbocycles. The van der Waals surface area contributed by atoms with Crippen molar-refractivity contribution in [1.82, 2.24) is 15.0 Å². The third-order valence-electron chi connectivity index (χ3n) is 3.46. The predicted octanol–water partition coefficient (Wildman–Crippen LogP) is 1.96. The van der Waals surface area contributed by atoms with Gasteiger partial charge >= 0.3 is 0 Å². The molecular weight excluding hydrogens is 214 g/mol. The van der Waals surface area contributed by atoms with Crippen LogP contribution in [-0.2, 0) is 0 Å². The van der Waals surface area contributed by atoms with Gasteiger partial charge in [-0.15, -0.1) is 5.10 Å². The molecule has 2 aromatic rings. The summed E-state index contributed by atoms with van der Waals surface area (Å²) in [5.74, 6) is 0.958. The van der Waals surface area contributed by atoms with E-state index >= 15 is 0 Å². The molecule has 0 radical (unpaired) electrons. The Bertz CT molecular complexity index is 508. The number of rotatable bonds is 3. The summed E-state index contributed by atoms with van der Waals surface area (Å²) in [6, 6.07) is 9.78. The van der Waals surface area contributed by atoms with Gasteiger partial charge in [0, 0.05) is 0 Å². The zero-order valence-electron chi connectivity index (χ0n) is 9.69. The highest BCUT2D eigenvalue weighted by molar-refractivity contribution is 5.32. The molecule has 1 aliphatic rings. The van der Waals surface area contributed by atoms with Crippen LogP contribution >= 0.6 is 0 Å². The molecule has 1 fully saturated rings. The average molecular weight is 229 g/mol. The van der Waals surface area contributed by atoms with Crippen molar-refractivity contribution in [2.45, 2.75) is 19.4 Å². The van der Waals surface area contributed by atoms with Gasteiger partial charge in [0.05, 0.1) is 17.6 Å². The molecule has 1 aromatic carbocycles. The van der Waals surface area contributed by atoms with Crippen LogP contribution in [0.1, 0.15) is 25.1 Å². The molecular formula is C13H15N3O. The van der Waals surface area contributed by atoms with E-state index in [2.05, 4.69) is 17.2 Å². The molecule has 88 valence electrons. The lowest BCUT2D eigenvalue weighted by Gasteiger charge is -2.11. The standard InChI is InChI=1S/C13H15N3O/c1-9-7-11(9)13(17)12-8-14-15-16(12)10-5-3-2-4-6-10/h2-6,8-9,11,13,17H,7H2,1H3. The van der Waals surface area contributed by atoms with Crippen LogP contribution in [-0.4, -0.2) is 20.1 Å². The second kappa shape index (κ2) is 3.96. The van der Waals surface area contributed by atoms with Crippen LogP contribution in [0, 0.1) is 11.8 Å². The maximum Gasteiger partial charge on any atom is 0.101 e. The Labute approximate surface area is 99.9 Å². The van der Waals surface area contributed by atoms with Crippen LogP contribution in [0.4, 0.5) is 0 Å². The number of nitrogens with zero attached hydrogens (tertiary/aromatic N) is 3. The summed E-state index contributed by atoms with van der Waals surface area (Å²) in [4.78, 5) is 0. The number of aliphatic hydroxyl groups is 1. The second-order valence-corrected chi connectivity index (χ2v) is 4.73. The van der Waals surface area contributed by atoms with E-state index in [9.17, 15) is 5.11 Å². The molecule has 3 unspecified atom stereocenters. The van der Waals surface area contributed by atoms with Crippen molar-refractivity contribution in [3.05, 3.63) is 42.2 Å². The van der Waals surface area contributed by atoms with Gasteiger partial charge in [0.15, 0.2) is 0 Å². The van der Waals surface area contributed by atoms with Crippen molar-refractivity contribution >= 4 is 0 Å². The van der Waals surface area contributed by atoms with Gasteiger partial charge in [-0.3, -0.25) is 0 Å². The summed E-state index contributed by atoms with van der Waals surface area (Å²) in [6.07, 6.45) is 2.28. The minimum Gasteiger partial charge on any atom is -0.386 e. The Hall–Kier alpha value is -1.68. The predicted molar refractivity (Wildman–Crippen MR) is 63.6 cm³/mol. The summed E-state index contributed by atoms with van der Waals surface area (Å²) in [7, 11) is 0. The van der Waals surface area contributed by atoms with Crippen LogP contribution < -0.4 is 0 Å². The van der Waals surface area contributed by atoms with Crippen molar-refractivity contribution in [3.8, 4) is 5.69 Å². The topological polar surface area (TPSA) is 50.9 Å². The molecule has 0 amide bonds. The number of para-hydroxylation sites is 1. The van der Waals surface area contributed by atoms with Crippen LogP contribution in [0.15, 0.2) is 36.5 Å². The molecule has 3 rings (SSSR count). The van der Waals surface area contributed by atoms with Crippen molar-refractivity contribution < 1.29 is 5.11 Å². The van der Waals surface area contributed by atoms with Crippen LogP contribution in [0.2, 0.25) is 0 Å². The highest BCUT2D eigenvalue weighted by Crippen LogP contribution is 2.46. The minimum absolute atomic E-state index is 0.357. The van der Waals surface area contributed by atoms with Crippen molar-refractivity contribution in [1.29, 1.82) is 0 Å². The van der Waals surface area contributed by atoms with Gasteiger partial charge in [0.1, 0.15) is 6.10 Å². The van der Waals surface area contributed by atoms with Crippen LogP contribution in [0.25, 0.3) is 5.69 Å². The Kier molecular flexibility index (Phi) is 2.44. The third-order valence-corrected chi connectivity index (χ3v) is 3.46. The zero-order chi connectivity index (χ0) is 11.8. The fourth-order valence-corrected chi connectivity index (χ4v) is 2.22. The Morgan fingerprint density at radius 3 is 2.71 bits per heavy atom. The first kappa shape index (κ1) is 10.5. The quantitative estimate of drug-likeness (QED) is 0.875. The number of aliphatic hydroxyl groups excluding tert-OH is 1. The normalized spacial score (nSPS) is 24.6. The smallest absolute Gasteiger partial charge is 0.101 e. The van der Waals surface area contributed by atoms with Gasteiger partial charge < -0.3 is 5.11 Å². The lowest BCUT2D eigenvalue weighted by atomic mass is 10.1. The first-order chi connectivity index (χ1) is 8.27. The largest absolute Gasteiger partial charge is 0.386 e. The molecule has 1 N–H and O–H groups in total. The van der Waals surface area contributed by atoms with E-state index in [-0.39, 0.29) is 0 Å². The van der Waals surface area contributed by atoms with E-state index < -0.39 is 6.10 Å². The lowest BCUT2D eigenvalue weighted by molar-refractivity contribution is 0.140. The van der Waals surface area contributed by atoms with Gasteiger partial charge in [0.2, 0.25) is 0 Å². The number of hydrogen-bond donors (Lipinski definition) is 1. The zero-order valence-corrected chi connectivity index (χ0v) is 9.69. The number of benzene rings is 1. The summed E-state index contributed by atoms with van der Waals surface area (Å²) < 4.78 is 1.72. The Morgan fingerprint density at radius 1 is 1.35 bits per heavy atom. The first-order valence-electron chi connectivity index (χ1n) is 5.91. The number of aromatic nitrogens is 3. The maximum absolute atomic E-state index is 10.3. The van der Waals surface area contributed by atoms with Crippen LogP contribution in [0.3, 0.4) is 0 Å². The van der Waals surface area contributed by atoms with E-state index in [0.717, 1.165) is 17.8 Å². The van der Waals surface area contributed by atoms with E-state index in [1.807, 2.05) is 30.3 Å². The summed E-state index contributed by atoms with van der Waals surface area (Å²) in [5, 5.41) is 18.2. The van der Waals surface area contributed by atoms with E-state index in [1.165, 1.54) is 0 Å². The molecule has 1 aromatic heterocycles. The molecule has 3 atom stereocenters. The van der Waals surface area contributed by atoms with E-state index in [4.69, 9.17) is 0 Å². The molecule has 0 saturated heterocycles. The highest BCUT2D eigenvalue weighted by atomic mass is 16.3. The lowest BCUT2D eigenvalue weighted by Crippen LogP contribution is -2.09. The SMILES string of the molecule is CC1CC1C(O)c1cnnn1-c1ccccc1. The molecule has 4 heteroatoms. The van der Waals surface area contributed by atoms with Gasteiger partial charge in [-0.2, -0.15) is 0 Å². The minimum atomic E-state index is -0.458. The fourth-order valence-electron chi connectivity index (χ4n) is 2.22. The molecule has 0 bridgehead atoms. The van der Waals surface area contributed by atoms with Gasteiger partial charge in [-0.25, -0.2) is 4.68 Å². The number of hydrogen-bond acceptors (Lipinski definition) is 3. The molecule has 0 aliphatic heterocycles. The molecule has 1 heterocycles. The third kappa shape index (κ3) is 1.85. The van der Waals surface area contributed by atoms with Crippen molar-refractivity contribution in [2.75, 3.05) is 0 Å². The van der Waals surface area contributed by atoms with Gasteiger partial charge in [-0.05, 0) is 30.4 Å². The van der Waals surface area contributed by atoms with Crippen molar-refractivity contribution in [2.24, 2.45) is 11.8 Å². The fraction of sp³-hybridized carbons (Fsp3) is 0.385. The monoisotopic (exact) mass is 229 g/mol. The van der Waals surface area contributed by atoms with Crippen LogP contribution in [0.5, 0.6) is 0 Å². The highest BCUT2D eigenvalue weighted by Gasteiger charge is 2.40. The maximum atomic E-state index is 10.3. The second-order valence-electron chi connectivity index (χ2n) is 4.73. The van der Waals surface area contributed by atoms with E-state index in [0.29, 0.717) is 11.8 Å². The van der Waals surface area contributed by atoms with E-state index in [1.54, 1.807) is 10.9 Å². The average Bonchev–Trinajstić information content (AvgIpc) is 2.92. The Morgan fingerprint density at radius 2 is 2.06 bits per heavy atom. The van der Waals surface area contributed by atoms with Gasteiger partial charge in [-0.1, -0.05) is 30.3 Å². The summed E-state index contributed by atoms with van der Waals surface area (Å²) in [5.41, 5.74) is 1.72. The Balaban J connectivity index is 1.94. The van der Waals surface area contributed by atoms with Gasteiger partial charge in [0.25, 0.3) is 0 Å². The molecule has 1 aliphatic carbocycles. The first-order valence-corrected chi connectivity index (χ1v) is 5.91. The molecule has 0 spiro atoms. The molecule has 17 heavy (non-hydrogen) atoms. The van der Waals surface area contributed by atoms with Crippen molar-refractivity contribution in [3.63, 3.8) is 0 Å². The molecule has 4 nitrogen and oxygen atoms in total. The summed E-state index contributed by atoms with van der Waals surface area (Å²) >= 11 is 0. The summed E-state index contributed by atoms with van der Waals surface area (Å²) in [6.45, 7) is 2.16.